The smallest absolute Gasteiger partial charge is 0.336 e. The van der Waals surface area contributed by atoms with Crippen LogP contribution in [0.25, 0.3) is 0 Å². The van der Waals surface area contributed by atoms with Gasteiger partial charge in [0.1, 0.15) is 5.82 Å². The fourth-order valence-corrected chi connectivity index (χ4v) is 6.05. The minimum absolute atomic E-state index is 0.121. The largest absolute Gasteiger partial charge is 0.463 e. The topological polar surface area (TPSA) is 85.7 Å². The summed E-state index contributed by atoms with van der Waals surface area (Å²) in [6.45, 7) is 10.5. The lowest BCUT2D eigenvalue weighted by atomic mass is 9.80. The summed E-state index contributed by atoms with van der Waals surface area (Å²) >= 11 is 6.71. The van der Waals surface area contributed by atoms with Crippen molar-refractivity contribution in [2.45, 2.75) is 53.1 Å². The number of imidazole rings is 1. The van der Waals surface area contributed by atoms with E-state index in [0.717, 1.165) is 28.5 Å². The SMILES string of the molecule is CCOC(=O)C1=C(CCOCCn2c(C)nc(C)c2C)NC2=C(C(=O)N(Cc3ccccc3)C2)C1c1ccccc1Cl. The summed E-state index contributed by atoms with van der Waals surface area (Å²) in [7, 11) is 0. The normalized spacial score (nSPS) is 16.6. The average Bonchev–Trinajstić information content (AvgIpc) is 3.41. The Hall–Kier alpha value is -3.88. The third-order valence-electron chi connectivity index (χ3n) is 7.93. The van der Waals surface area contributed by atoms with Gasteiger partial charge in [-0.3, -0.25) is 4.79 Å². The molecule has 3 aromatic rings. The highest BCUT2D eigenvalue weighted by atomic mass is 35.5. The van der Waals surface area contributed by atoms with Crippen molar-refractivity contribution in [2.24, 2.45) is 0 Å². The van der Waals surface area contributed by atoms with Crippen molar-refractivity contribution in [1.82, 2.24) is 19.8 Å². The zero-order valence-electron chi connectivity index (χ0n) is 24.6. The molecule has 1 unspecified atom stereocenters. The number of nitrogens with one attached hydrogen (secondary N) is 1. The minimum Gasteiger partial charge on any atom is -0.463 e. The predicted octanol–water partition coefficient (Wildman–Crippen LogP) is 5.37. The van der Waals surface area contributed by atoms with Crippen LogP contribution in [-0.2, 0) is 32.2 Å². The highest BCUT2D eigenvalue weighted by molar-refractivity contribution is 6.31. The van der Waals surface area contributed by atoms with E-state index in [4.69, 9.17) is 21.1 Å². The molecule has 5 rings (SSSR count). The Balaban J connectivity index is 1.42. The Morgan fingerprint density at radius 2 is 1.81 bits per heavy atom. The second kappa shape index (κ2) is 13.0. The number of ether oxygens (including phenoxy) is 2. The van der Waals surface area contributed by atoms with Crippen molar-refractivity contribution in [1.29, 1.82) is 0 Å². The van der Waals surface area contributed by atoms with Crippen molar-refractivity contribution in [2.75, 3.05) is 26.4 Å². The van der Waals surface area contributed by atoms with Crippen LogP contribution in [0.4, 0.5) is 0 Å². The Labute approximate surface area is 252 Å². The van der Waals surface area contributed by atoms with Gasteiger partial charge < -0.3 is 24.3 Å². The van der Waals surface area contributed by atoms with Gasteiger partial charge >= 0.3 is 5.97 Å². The molecule has 1 aromatic heterocycles. The molecule has 0 fully saturated rings. The van der Waals surface area contributed by atoms with Gasteiger partial charge in [0, 0.05) is 41.6 Å². The Morgan fingerprint density at radius 1 is 1.07 bits per heavy atom. The number of dihydropyridines is 1. The molecule has 0 saturated heterocycles. The molecular weight excluding hydrogens is 552 g/mol. The van der Waals surface area contributed by atoms with E-state index < -0.39 is 11.9 Å². The second-order valence-corrected chi connectivity index (χ2v) is 11.0. The molecule has 1 amide bonds. The number of hydrogen-bond acceptors (Lipinski definition) is 6. The molecule has 220 valence electrons. The van der Waals surface area contributed by atoms with Gasteiger partial charge in [-0.1, -0.05) is 60.1 Å². The number of aryl methyl sites for hydroxylation is 2. The fourth-order valence-electron chi connectivity index (χ4n) is 5.80. The van der Waals surface area contributed by atoms with E-state index in [1.165, 1.54) is 0 Å². The van der Waals surface area contributed by atoms with Gasteiger partial charge in [0.15, 0.2) is 0 Å². The first-order valence-electron chi connectivity index (χ1n) is 14.4. The summed E-state index contributed by atoms with van der Waals surface area (Å²) in [6, 6.07) is 17.3. The van der Waals surface area contributed by atoms with Crippen molar-refractivity contribution in [3.63, 3.8) is 0 Å². The quantitative estimate of drug-likeness (QED) is 0.239. The molecule has 3 heterocycles. The van der Waals surface area contributed by atoms with E-state index in [-0.39, 0.29) is 12.5 Å². The van der Waals surface area contributed by atoms with Crippen LogP contribution in [0.15, 0.2) is 77.1 Å². The van der Waals surface area contributed by atoms with Crippen LogP contribution in [-0.4, -0.2) is 52.7 Å². The molecule has 42 heavy (non-hydrogen) atoms. The Kier molecular flexibility index (Phi) is 9.14. The van der Waals surface area contributed by atoms with Crippen LogP contribution in [0, 0.1) is 20.8 Å². The van der Waals surface area contributed by atoms with Gasteiger partial charge in [-0.15, -0.1) is 0 Å². The van der Waals surface area contributed by atoms with E-state index in [2.05, 4.69) is 21.8 Å². The summed E-state index contributed by atoms with van der Waals surface area (Å²) in [5, 5.41) is 3.95. The highest BCUT2D eigenvalue weighted by Gasteiger charge is 2.44. The van der Waals surface area contributed by atoms with Crippen molar-refractivity contribution >= 4 is 23.5 Å². The van der Waals surface area contributed by atoms with E-state index in [9.17, 15) is 9.59 Å². The molecule has 0 spiro atoms. The summed E-state index contributed by atoms with van der Waals surface area (Å²) in [6.07, 6.45) is 0.444. The lowest BCUT2D eigenvalue weighted by Crippen LogP contribution is -2.32. The van der Waals surface area contributed by atoms with Crippen molar-refractivity contribution in [3.05, 3.63) is 110 Å². The molecule has 8 nitrogen and oxygen atoms in total. The molecular formula is C33H37ClN4O4. The molecule has 2 aliphatic heterocycles. The molecule has 0 bridgehead atoms. The number of rotatable bonds is 11. The third-order valence-corrected chi connectivity index (χ3v) is 8.27. The molecule has 0 aliphatic carbocycles. The van der Waals surface area contributed by atoms with Crippen LogP contribution in [0.1, 0.15) is 47.6 Å². The monoisotopic (exact) mass is 588 g/mol. The lowest BCUT2D eigenvalue weighted by molar-refractivity contribution is -0.138. The second-order valence-electron chi connectivity index (χ2n) is 10.6. The average molecular weight is 589 g/mol. The number of hydrogen-bond donors (Lipinski definition) is 1. The van der Waals surface area contributed by atoms with Gasteiger partial charge in [0.2, 0.25) is 0 Å². The first-order chi connectivity index (χ1) is 20.3. The summed E-state index contributed by atoms with van der Waals surface area (Å²) < 4.78 is 13.7. The van der Waals surface area contributed by atoms with E-state index in [1.807, 2.05) is 62.4 Å². The number of carbonyl (C=O) groups is 2. The fraction of sp³-hybridized carbons (Fsp3) is 0.364. The number of nitrogens with zero attached hydrogens (tertiary/aromatic N) is 3. The van der Waals surface area contributed by atoms with Crippen molar-refractivity contribution in [3.8, 4) is 0 Å². The molecule has 9 heteroatoms. The highest BCUT2D eigenvalue weighted by Crippen LogP contribution is 2.45. The lowest BCUT2D eigenvalue weighted by Gasteiger charge is -2.30. The van der Waals surface area contributed by atoms with Crippen LogP contribution in [0.5, 0.6) is 0 Å². The number of aromatic nitrogens is 2. The maximum Gasteiger partial charge on any atom is 0.336 e. The summed E-state index contributed by atoms with van der Waals surface area (Å²) in [4.78, 5) is 33.8. The molecule has 0 saturated carbocycles. The van der Waals surface area contributed by atoms with E-state index in [1.54, 1.807) is 17.9 Å². The Morgan fingerprint density at radius 3 is 2.50 bits per heavy atom. The number of benzene rings is 2. The number of esters is 1. The minimum atomic E-state index is -0.656. The van der Waals surface area contributed by atoms with Crippen LogP contribution in [0.3, 0.4) is 0 Å². The van der Waals surface area contributed by atoms with Gasteiger partial charge in [0.25, 0.3) is 5.91 Å². The summed E-state index contributed by atoms with van der Waals surface area (Å²) in [5.74, 6) is -0.282. The number of halogens is 1. The van der Waals surface area contributed by atoms with Gasteiger partial charge in [-0.25, -0.2) is 9.78 Å². The maximum absolute atomic E-state index is 13.9. The molecule has 0 radical (unpaired) electrons. The first-order valence-corrected chi connectivity index (χ1v) is 14.7. The van der Waals surface area contributed by atoms with Gasteiger partial charge in [-0.05, 0) is 44.9 Å². The van der Waals surface area contributed by atoms with Gasteiger partial charge in [0.05, 0.1) is 49.1 Å². The molecule has 2 aliphatic rings. The van der Waals surface area contributed by atoms with E-state index in [0.29, 0.717) is 66.7 Å². The molecule has 1 N–H and O–H groups in total. The van der Waals surface area contributed by atoms with Crippen LogP contribution < -0.4 is 5.32 Å². The third kappa shape index (κ3) is 6.01. The van der Waals surface area contributed by atoms with Gasteiger partial charge in [-0.2, -0.15) is 0 Å². The standard InChI is InChI=1S/C33H37ClN4O4/c1-5-42-33(40)31-27(15-17-41-18-16-38-22(3)21(2)35-23(38)4)36-28-20-37(19-24-11-7-6-8-12-24)32(39)30(28)29(31)25-13-9-10-14-26(25)34/h6-14,29,36H,5,15-20H2,1-4H3. The summed E-state index contributed by atoms with van der Waals surface area (Å²) in [5.41, 5.74) is 6.29. The van der Waals surface area contributed by atoms with Crippen LogP contribution >= 0.6 is 11.6 Å². The first kappa shape index (κ1) is 29.6. The van der Waals surface area contributed by atoms with E-state index >= 15 is 0 Å². The van der Waals surface area contributed by atoms with Crippen molar-refractivity contribution < 1.29 is 19.1 Å². The number of amides is 1. The zero-order valence-corrected chi connectivity index (χ0v) is 25.3. The zero-order chi connectivity index (χ0) is 29.8. The molecule has 2 aromatic carbocycles. The van der Waals surface area contributed by atoms with Crippen LogP contribution in [0.2, 0.25) is 5.02 Å². The maximum atomic E-state index is 13.9. The Bertz CT molecular complexity index is 1540. The number of carbonyl (C=O) groups excluding carboxylic acids is 2. The predicted molar refractivity (Wildman–Crippen MR) is 162 cm³/mol. The molecule has 1 atom stereocenters.